The summed E-state index contributed by atoms with van der Waals surface area (Å²) in [4.78, 5) is 32.2. The summed E-state index contributed by atoms with van der Waals surface area (Å²) < 4.78 is 0. The van der Waals surface area contributed by atoms with Crippen molar-refractivity contribution in [3.05, 3.63) is 53.9 Å². The minimum Gasteiger partial charge on any atom is -0.368 e. The lowest BCUT2D eigenvalue weighted by molar-refractivity contribution is -0.116. The van der Waals surface area contributed by atoms with Crippen LogP contribution in [-0.2, 0) is 11.2 Å². The Balaban J connectivity index is 1.42. The average molecular weight is 336 g/mol. The number of rotatable bonds is 2. The van der Waals surface area contributed by atoms with Crippen molar-refractivity contribution in [3.8, 4) is 0 Å². The molecule has 4 rings (SSSR count). The predicted molar refractivity (Wildman–Crippen MR) is 95.7 cm³/mol. The lowest BCUT2D eigenvalue weighted by Crippen LogP contribution is -2.48. The van der Waals surface area contributed by atoms with Crippen molar-refractivity contribution in [2.75, 3.05) is 36.4 Å². The number of aryl methyl sites for hydroxylation is 1. The summed E-state index contributed by atoms with van der Waals surface area (Å²) in [5.74, 6) is 0.128. The fourth-order valence-electron chi connectivity index (χ4n) is 3.41. The Bertz CT molecular complexity index is 798. The smallest absolute Gasteiger partial charge is 0.255 e. The van der Waals surface area contributed by atoms with Gasteiger partial charge in [0.1, 0.15) is 0 Å². The molecule has 0 saturated carbocycles. The molecular weight excluding hydrogens is 316 g/mol. The monoisotopic (exact) mass is 336 g/mol. The highest BCUT2D eigenvalue weighted by molar-refractivity contribution is 5.94. The molecule has 2 aliphatic rings. The summed E-state index contributed by atoms with van der Waals surface area (Å²) in [6.45, 7) is 3.00. The van der Waals surface area contributed by atoms with Gasteiger partial charge >= 0.3 is 0 Å². The maximum Gasteiger partial charge on any atom is 0.255 e. The second-order valence-corrected chi connectivity index (χ2v) is 6.41. The van der Waals surface area contributed by atoms with Crippen LogP contribution < -0.4 is 10.2 Å². The van der Waals surface area contributed by atoms with E-state index in [0.717, 1.165) is 30.9 Å². The summed E-state index contributed by atoms with van der Waals surface area (Å²) >= 11 is 0. The van der Waals surface area contributed by atoms with Crippen LogP contribution in [0, 0.1) is 0 Å². The van der Waals surface area contributed by atoms with Crippen molar-refractivity contribution in [3.63, 3.8) is 0 Å². The van der Waals surface area contributed by atoms with Crippen LogP contribution in [0.4, 0.5) is 11.4 Å². The van der Waals surface area contributed by atoms with Gasteiger partial charge in [0, 0.05) is 56.4 Å². The third kappa shape index (κ3) is 3.20. The number of piperazine rings is 1. The van der Waals surface area contributed by atoms with Crippen molar-refractivity contribution in [2.24, 2.45) is 0 Å². The van der Waals surface area contributed by atoms with Gasteiger partial charge in [-0.1, -0.05) is 0 Å². The number of amides is 2. The number of carbonyl (C=O) groups is 2. The van der Waals surface area contributed by atoms with Gasteiger partial charge in [-0.05, 0) is 42.3 Å². The summed E-state index contributed by atoms with van der Waals surface area (Å²) in [6.07, 6.45) is 4.62. The number of fused-ring (bicyclic) bond motifs is 1. The largest absolute Gasteiger partial charge is 0.368 e. The highest BCUT2D eigenvalue weighted by atomic mass is 16.2. The molecule has 25 heavy (non-hydrogen) atoms. The zero-order valence-electron chi connectivity index (χ0n) is 13.9. The molecule has 2 aliphatic heterocycles. The maximum atomic E-state index is 12.5. The molecule has 1 aromatic carbocycles. The van der Waals surface area contributed by atoms with Crippen LogP contribution in [0.1, 0.15) is 22.3 Å². The van der Waals surface area contributed by atoms with E-state index in [1.54, 1.807) is 24.5 Å². The molecule has 6 heteroatoms. The van der Waals surface area contributed by atoms with Crippen LogP contribution in [0.25, 0.3) is 0 Å². The first-order valence-corrected chi connectivity index (χ1v) is 8.58. The molecular formula is C19H20N4O2. The number of nitrogens with one attached hydrogen (secondary N) is 1. The van der Waals surface area contributed by atoms with E-state index in [2.05, 4.69) is 21.3 Å². The first kappa shape index (κ1) is 15.6. The first-order valence-electron chi connectivity index (χ1n) is 8.58. The molecule has 1 N–H and O–H groups in total. The number of benzene rings is 1. The molecule has 0 radical (unpaired) electrons. The van der Waals surface area contributed by atoms with Crippen molar-refractivity contribution >= 4 is 23.2 Å². The maximum absolute atomic E-state index is 12.5. The van der Waals surface area contributed by atoms with Gasteiger partial charge in [-0.15, -0.1) is 0 Å². The van der Waals surface area contributed by atoms with E-state index in [-0.39, 0.29) is 11.8 Å². The van der Waals surface area contributed by atoms with Gasteiger partial charge in [0.2, 0.25) is 5.91 Å². The Labute approximate surface area is 146 Å². The standard InChI is InChI=1S/C19H20N4O2/c24-18-6-3-14-12-16(4-5-17(14)21-18)22-8-10-23(11-9-22)19(25)15-2-1-7-20-13-15/h1-2,4-5,7,12-13H,3,6,8-11H2,(H,21,24). The van der Waals surface area contributed by atoms with Crippen LogP contribution in [-0.4, -0.2) is 47.9 Å². The van der Waals surface area contributed by atoms with E-state index in [9.17, 15) is 9.59 Å². The molecule has 2 aromatic rings. The normalized spacial score (nSPS) is 17.0. The highest BCUT2D eigenvalue weighted by Gasteiger charge is 2.23. The van der Waals surface area contributed by atoms with E-state index in [4.69, 9.17) is 0 Å². The zero-order chi connectivity index (χ0) is 17.2. The second-order valence-electron chi connectivity index (χ2n) is 6.41. The van der Waals surface area contributed by atoms with E-state index in [1.807, 2.05) is 17.0 Å². The van der Waals surface area contributed by atoms with Gasteiger partial charge < -0.3 is 15.1 Å². The Morgan fingerprint density at radius 2 is 1.92 bits per heavy atom. The van der Waals surface area contributed by atoms with Gasteiger partial charge in [-0.25, -0.2) is 0 Å². The number of aromatic nitrogens is 1. The molecule has 3 heterocycles. The number of nitrogens with zero attached hydrogens (tertiary/aromatic N) is 3. The number of hydrogen-bond acceptors (Lipinski definition) is 4. The molecule has 0 atom stereocenters. The highest BCUT2D eigenvalue weighted by Crippen LogP contribution is 2.28. The lowest BCUT2D eigenvalue weighted by Gasteiger charge is -2.36. The Kier molecular flexibility index (Phi) is 4.09. The van der Waals surface area contributed by atoms with Gasteiger partial charge in [-0.3, -0.25) is 14.6 Å². The minimum atomic E-state index is 0.0425. The summed E-state index contributed by atoms with van der Waals surface area (Å²) in [5, 5.41) is 2.91. The SMILES string of the molecule is O=C1CCc2cc(N3CCN(C(=O)c4cccnc4)CC3)ccc2N1. The fraction of sp³-hybridized carbons (Fsp3) is 0.316. The number of carbonyl (C=O) groups excluding carboxylic acids is 2. The van der Waals surface area contributed by atoms with Crippen molar-refractivity contribution in [2.45, 2.75) is 12.8 Å². The summed E-state index contributed by atoms with van der Waals surface area (Å²) in [7, 11) is 0. The predicted octanol–water partition coefficient (Wildman–Crippen LogP) is 1.93. The third-order valence-corrected chi connectivity index (χ3v) is 4.82. The van der Waals surface area contributed by atoms with E-state index in [1.165, 1.54) is 5.56 Å². The second kappa shape index (κ2) is 6.55. The van der Waals surface area contributed by atoms with Crippen LogP contribution in [0.3, 0.4) is 0 Å². The first-order chi connectivity index (χ1) is 12.2. The number of hydrogen-bond donors (Lipinski definition) is 1. The van der Waals surface area contributed by atoms with Gasteiger partial charge in [0.15, 0.2) is 0 Å². The minimum absolute atomic E-state index is 0.0425. The van der Waals surface area contributed by atoms with Crippen LogP contribution >= 0.6 is 0 Å². The topological polar surface area (TPSA) is 65.5 Å². The van der Waals surface area contributed by atoms with Crippen LogP contribution in [0.2, 0.25) is 0 Å². The average Bonchev–Trinajstić information content (AvgIpc) is 2.68. The zero-order valence-corrected chi connectivity index (χ0v) is 13.9. The van der Waals surface area contributed by atoms with Gasteiger partial charge in [0.05, 0.1) is 5.56 Å². The Hall–Kier alpha value is -2.89. The van der Waals surface area contributed by atoms with E-state index >= 15 is 0 Å². The lowest BCUT2D eigenvalue weighted by atomic mass is 10.0. The molecule has 2 amide bonds. The van der Waals surface area contributed by atoms with Gasteiger partial charge in [0.25, 0.3) is 5.91 Å². The molecule has 0 spiro atoms. The fourth-order valence-corrected chi connectivity index (χ4v) is 3.41. The molecule has 0 bridgehead atoms. The van der Waals surface area contributed by atoms with E-state index < -0.39 is 0 Å². The molecule has 0 aliphatic carbocycles. The van der Waals surface area contributed by atoms with E-state index in [0.29, 0.717) is 25.1 Å². The van der Waals surface area contributed by atoms with Crippen molar-refractivity contribution in [1.82, 2.24) is 9.88 Å². The molecule has 0 unspecified atom stereocenters. The van der Waals surface area contributed by atoms with Crippen LogP contribution in [0.5, 0.6) is 0 Å². The number of anilines is 2. The molecule has 1 fully saturated rings. The summed E-state index contributed by atoms with van der Waals surface area (Å²) in [6, 6.07) is 9.78. The third-order valence-electron chi connectivity index (χ3n) is 4.82. The molecule has 128 valence electrons. The molecule has 1 saturated heterocycles. The van der Waals surface area contributed by atoms with Crippen LogP contribution in [0.15, 0.2) is 42.7 Å². The Morgan fingerprint density at radius 3 is 2.68 bits per heavy atom. The quantitative estimate of drug-likeness (QED) is 0.910. The van der Waals surface area contributed by atoms with Crippen molar-refractivity contribution in [1.29, 1.82) is 0 Å². The molecule has 6 nitrogen and oxygen atoms in total. The van der Waals surface area contributed by atoms with Gasteiger partial charge in [-0.2, -0.15) is 0 Å². The molecule has 1 aromatic heterocycles. The van der Waals surface area contributed by atoms with Crippen molar-refractivity contribution < 1.29 is 9.59 Å². The summed E-state index contributed by atoms with van der Waals surface area (Å²) in [5.41, 5.74) is 3.90. The number of pyridine rings is 1. The Morgan fingerprint density at radius 1 is 1.08 bits per heavy atom.